The van der Waals surface area contributed by atoms with Crippen LogP contribution in [0.3, 0.4) is 0 Å². The maximum atomic E-state index is 11.7. The Hall–Kier alpha value is -0.610. The monoisotopic (exact) mass is 242 g/mol. The number of ether oxygens (including phenoxy) is 1. The average Bonchev–Trinajstić information content (AvgIpc) is 2.30. The number of esters is 1. The Kier molecular flexibility index (Phi) is 5.92. The summed E-state index contributed by atoms with van der Waals surface area (Å²) >= 11 is 0. The van der Waals surface area contributed by atoms with Gasteiger partial charge in [0.25, 0.3) is 0 Å². The molecule has 1 saturated heterocycles. The lowest BCUT2D eigenvalue weighted by Gasteiger charge is -2.36. The molecule has 4 nitrogen and oxygen atoms in total. The van der Waals surface area contributed by atoms with E-state index >= 15 is 0 Å². The number of hydrogen-bond acceptors (Lipinski definition) is 4. The number of piperidine rings is 1. The van der Waals surface area contributed by atoms with Crippen LogP contribution in [0, 0.1) is 5.92 Å². The molecular weight excluding hydrogens is 216 g/mol. The van der Waals surface area contributed by atoms with E-state index in [2.05, 4.69) is 5.32 Å². The molecule has 0 aromatic rings. The van der Waals surface area contributed by atoms with Gasteiger partial charge in [-0.05, 0) is 59.2 Å². The minimum atomic E-state index is -0.331. The maximum Gasteiger partial charge on any atom is 0.306 e. The number of unbranched alkanes of at least 4 members (excludes halogenated alkanes) is 1. The Bertz CT molecular complexity index is 236. The molecule has 0 amide bonds. The highest BCUT2D eigenvalue weighted by molar-refractivity contribution is 5.69. The van der Waals surface area contributed by atoms with E-state index in [9.17, 15) is 4.79 Å². The van der Waals surface area contributed by atoms with Crippen LogP contribution in [0.1, 0.15) is 46.0 Å². The first kappa shape index (κ1) is 14.5. The molecule has 0 aliphatic carbocycles. The van der Waals surface area contributed by atoms with Gasteiger partial charge in [-0.3, -0.25) is 4.79 Å². The Morgan fingerprint density at radius 1 is 1.35 bits per heavy atom. The molecule has 1 aliphatic rings. The van der Waals surface area contributed by atoms with E-state index in [-0.39, 0.29) is 11.6 Å². The molecule has 1 heterocycles. The number of carbonyl (C=O) groups is 1. The van der Waals surface area contributed by atoms with Gasteiger partial charge >= 0.3 is 5.97 Å². The number of hydrogen-bond donors (Lipinski definition) is 2. The van der Waals surface area contributed by atoms with Crippen molar-refractivity contribution in [2.45, 2.75) is 51.6 Å². The Morgan fingerprint density at radius 3 is 2.59 bits per heavy atom. The normalized spacial score (nSPS) is 18.1. The molecule has 0 radical (unpaired) electrons. The predicted octanol–water partition coefficient (Wildman–Crippen LogP) is 1.44. The third-order valence-electron chi connectivity index (χ3n) is 3.53. The summed E-state index contributed by atoms with van der Waals surface area (Å²) in [7, 11) is 0. The van der Waals surface area contributed by atoms with E-state index in [1.807, 2.05) is 13.8 Å². The molecule has 0 unspecified atom stereocenters. The molecule has 4 heteroatoms. The van der Waals surface area contributed by atoms with Gasteiger partial charge in [-0.2, -0.15) is 0 Å². The zero-order valence-electron chi connectivity index (χ0n) is 11.1. The number of nitrogens with one attached hydrogen (secondary N) is 1. The molecule has 1 rings (SSSR count). The lowest BCUT2D eigenvalue weighted by atomic mass is 9.83. The SMILES string of the molecule is CC(C)(OC(=O)CCCCN)C1CCNCC1. The number of nitrogens with two attached hydrogens (primary N) is 1. The summed E-state index contributed by atoms with van der Waals surface area (Å²) in [5.74, 6) is 0.393. The summed E-state index contributed by atoms with van der Waals surface area (Å²) in [6, 6.07) is 0. The van der Waals surface area contributed by atoms with Gasteiger partial charge < -0.3 is 15.8 Å². The van der Waals surface area contributed by atoms with Crippen LogP contribution in [0.2, 0.25) is 0 Å². The minimum absolute atomic E-state index is 0.0815. The molecular formula is C13H26N2O2. The average molecular weight is 242 g/mol. The molecule has 1 aliphatic heterocycles. The molecule has 17 heavy (non-hydrogen) atoms. The highest BCUT2D eigenvalue weighted by atomic mass is 16.6. The first-order chi connectivity index (χ1) is 8.06. The van der Waals surface area contributed by atoms with Crippen molar-refractivity contribution in [2.24, 2.45) is 11.7 Å². The molecule has 0 atom stereocenters. The van der Waals surface area contributed by atoms with Crippen LogP contribution >= 0.6 is 0 Å². The highest BCUT2D eigenvalue weighted by Crippen LogP contribution is 2.29. The first-order valence-electron chi connectivity index (χ1n) is 6.69. The maximum absolute atomic E-state index is 11.7. The van der Waals surface area contributed by atoms with Crippen molar-refractivity contribution in [3.63, 3.8) is 0 Å². The van der Waals surface area contributed by atoms with Crippen molar-refractivity contribution >= 4 is 5.97 Å². The number of carbonyl (C=O) groups excluding carboxylic acids is 1. The van der Waals surface area contributed by atoms with Gasteiger partial charge in [-0.25, -0.2) is 0 Å². The molecule has 100 valence electrons. The fourth-order valence-electron chi connectivity index (χ4n) is 2.36. The molecule has 0 bridgehead atoms. The van der Waals surface area contributed by atoms with Crippen molar-refractivity contribution in [3.05, 3.63) is 0 Å². The molecule has 0 spiro atoms. The van der Waals surface area contributed by atoms with Crippen LogP contribution < -0.4 is 11.1 Å². The zero-order valence-corrected chi connectivity index (χ0v) is 11.1. The topological polar surface area (TPSA) is 64.3 Å². The van der Waals surface area contributed by atoms with Crippen molar-refractivity contribution < 1.29 is 9.53 Å². The van der Waals surface area contributed by atoms with Crippen molar-refractivity contribution in [1.82, 2.24) is 5.32 Å². The Morgan fingerprint density at radius 2 is 2.00 bits per heavy atom. The van der Waals surface area contributed by atoms with Crippen LogP contribution in [0.15, 0.2) is 0 Å². The van der Waals surface area contributed by atoms with Crippen LogP contribution in [-0.4, -0.2) is 31.2 Å². The largest absolute Gasteiger partial charge is 0.459 e. The summed E-state index contributed by atoms with van der Waals surface area (Å²) < 4.78 is 5.62. The van der Waals surface area contributed by atoms with Gasteiger partial charge in [-0.1, -0.05) is 0 Å². The fraction of sp³-hybridized carbons (Fsp3) is 0.923. The second-order valence-corrected chi connectivity index (χ2v) is 5.35. The van der Waals surface area contributed by atoms with E-state index in [4.69, 9.17) is 10.5 Å². The van der Waals surface area contributed by atoms with Crippen LogP contribution in [0.4, 0.5) is 0 Å². The van der Waals surface area contributed by atoms with Gasteiger partial charge in [-0.15, -0.1) is 0 Å². The van der Waals surface area contributed by atoms with E-state index < -0.39 is 0 Å². The van der Waals surface area contributed by atoms with E-state index in [0.717, 1.165) is 38.8 Å². The quantitative estimate of drug-likeness (QED) is 0.546. The highest BCUT2D eigenvalue weighted by Gasteiger charge is 2.33. The van der Waals surface area contributed by atoms with Gasteiger partial charge in [0.2, 0.25) is 0 Å². The second-order valence-electron chi connectivity index (χ2n) is 5.35. The molecule has 1 fully saturated rings. The molecule has 0 aromatic carbocycles. The Labute approximate surface area is 104 Å². The summed E-state index contributed by atoms with van der Waals surface area (Å²) in [6.45, 7) is 6.76. The summed E-state index contributed by atoms with van der Waals surface area (Å²) in [4.78, 5) is 11.7. The molecule has 0 aromatic heterocycles. The smallest absolute Gasteiger partial charge is 0.306 e. The summed E-state index contributed by atoms with van der Waals surface area (Å²) in [5, 5.41) is 3.33. The fourth-order valence-corrected chi connectivity index (χ4v) is 2.36. The summed E-state index contributed by atoms with van der Waals surface area (Å²) in [5.41, 5.74) is 5.07. The minimum Gasteiger partial charge on any atom is -0.459 e. The standard InChI is InChI=1S/C13H26N2O2/c1-13(2,11-6-9-15-10-7-11)17-12(16)5-3-4-8-14/h11,15H,3-10,14H2,1-2H3. The van der Waals surface area contributed by atoms with Gasteiger partial charge in [0.1, 0.15) is 5.60 Å². The summed E-state index contributed by atoms with van der Waals surface area (Å²) in [6.07, 6.45) is 4.39. The lowest BCUT2D eigenvalue weighted by molar-refractivity contribution is -0.162. The van der Waals surface area contributed by atoms with E-state index in [0.29, 0.717) is 18.9 Å². The van der Waals surface area contributed by atoms with Crippen molar-refractivity contribution in [1.29, 1.82) is 0 Å². The van der Waals surface area contributed by atoms with Gasteiger partial charge in [0.15, 0.2) is 0 Å². The predicted molar refractivity (Wildman–Crippen MR) is 68.7 cm³/mol. The van der Waals surface area contributed by atoms with Crippen LogP contribution in [0.25, 0.3) is 0 Å². The third-order valence-corrected chi connectivity index (χ3v) is 3.53. The van der Waals surface area contributed by atoms with Crippen molar-refractivity contribution in [2.75, 3.05) is 19.6 Å². The van der Waals surface area contributed by atoms with Gasteiger partial charge in [0, 0.05) is 12.3 Å². The van der Waals surface area contributed by atoms with Crippen LogP contribution in [0.5, 0.6) is 0 Å². The van der Waals surface area contributed by atoms with Crippen LogP contribution in [-0.2, 0) is 9.53 Å². The van der Waals surface area contributed by atoms with Crippen molar-refractivity contribution in [3.8, 4) is 0 Å². The second kappa shape index (κ2) is 6.97. The third kappa shape index (κ3) is 5.04. The zero-order chi connectivity index (χ0) is 12.7. The Balaban J connectivity index is 2.33. The first-order valence-corrected chi connectivity index (χ1v) is 6.69. The van der Waals surface area contributed by atoms with E-state index in [1.54, 1.807) is 0 Å². The molecule has 0 saturated carbocycles. The number of rotatable bonds is 6. The lowest BCUT2D eigenvalue weighted by Crippen LogP contribution is -2.42. The molecule has 3 N–H and O–H groups in total. The van der Waals surface area contributed by atoms with E-state index in [1.165, 1.54) is 0 Å². The van der Waals surface area contributed by atoms with Gasteiger partial charge in [0.05, 0.1) is 0 Å².